The van der Waals surface area contributed by atoms with Gasteiger partial charge >= 0.3 is 0 Å². The van der Waals surface area contributed by atoms with E-state index in [4.69, 9.17) is 27.7 Å². The lowest BCUT2D eigenvalue weighted by atomic mass is 10.1. The summed E-state index contributed by atoms with van der Waals surface area (Å²) in [6.45, 7) is 0. The van der Waals surface area contributed by atoms with Gasteiger partial charge in [0, 0.05) is 23.2 Å². The standard InChI is InChI=1S/C18H11Cl2N3O/c19-12-4-3-5-13(10-12)22-9-8-17-15(11-21)18(23-24-17)14-6-1-2-7-16(14)20/h1-7,9-10H,8H2. The zero-order chi connectivity index (χ0) is 16.9. The van der Waals surface area contributed by atoms with Gasteiger partial charge in [-0.3, -0.25) is 4.99 Å². The second-order valence-corrected chi connectivity index (χ2v) is 5.76. The molecule has 0 saturated carbocycles. The lowest BCUT2D eigenvalue weighted by molar-refractivity contribution is 0.395. The smallest absolute Gasteiger partial charge is 0.160 e. The normalized spacial score (nSPS) is 10.9. The lowest BCUT2D eigenvalue weighted by Gasteiger charge is -1.99. The number of nitriles is 1. The molecule has 6 heteroatoms. The highest BCUT2D eigenvalue weighted by Gasteiger charge is 2.18. The monoisotopic (exact) mass is 355 g/mol. The summed E-state index contributed by atoms with van der Waals surface area (Å²) in [6, 6.07) is 16.5. The van der Waals surface area contributed by atoms with Gasteiger partial charge in [0.05, 0.1) is 10.7 Å². The van der Waals surface area contributed by atoms with Crippen molar-refractivity contribution in [2.45, 2.75) is 6.42 Å². The molecule has 0 aliphatic heterocycles. The predicted octanol–water partition coefficient (Wildman–Crippen LogP) is 5.47. The van der Waals surface area contributed by atoms with E-state index < -0.39 is 0 Å². The number of rotatable bonds is 4. The molecule has 0 unspecified atom stereocenters. The summed E-state index contributed by atoms with van der Waals surface area (Å²) in [5, 5.41) is 14.6. The van der Waals surface area contributed by atoms with E-state index in [1.54, 1.807) is 30.5 Å². The van der Waals surface area contributed by atoms with Crippen LogP contribution in [0.4, 0.5) is 5.69 Å². The molecule has 0 radical (unpaired) electrons. The molecule has 0 spiro atoms. The maximum atomic E-state index is 9.44. The van der Waals surface area contributed by atoms with Gasteiger partial charge in [0.15, 0.2) is 5.76 Å². The molecule has 0 aliphatic rings. The molecule has 3 rings (SSSR count). The minimum absolute atomic E-state index is 0.340. The average molecular weight is 356 g/mol. The van der Waals surface area contributed by atoms with Crippen LogP contribution in [0.5, 0.6) is 0 Å². The van der Waals surface area contributed by atoms with E-state index >= 15 is 0 Å². The largest absolute Gasteiger partial charge is 0.359 e. The van der Waals surface area contributed by atoms with Gasteiger partial charge < -0.3 is 4.52 Å². The van der Waals surface area contributed by atoms with Gasteiger partial charge in [-0.1, -0.05) is 52.6 Å². The average Bonchev–Trinajstić information content (AvgIpc) is 2.98. The molecule has 4 nitrogen and oxygen atoms in total. The number of hydrogen-bond acceptors (Lipinski definition) is 4. The van der Waals surface area contributed by atoms with E-state index in [1.165, 1.54) is 0 Å². The molecule has 24 heavy (non-hydrogen) atoms. The van der Waals surface area contributed by atoms with Crippen LogP contribution in [0.1, 0.15) is 11.3 Å². The van der Waals surface area contributed by atoms with Crippen molar-refractivity contribution >= 4 is 35.1 Å². The third kappa shape index (κ3) is 3.48. The lowest BCUT2D eigenvalue weighted by Crippen LogP contribution is -1.89. The molecular formula is C18H11Cl2N3O. The molecule has 1 heterocycles. The van der Waals surface area contributed by atoms with Crippen LogP contribution in [0.2, 0.25) is 10.0 Å². The molecule has 0 N–H and O–H groups in total. The Balaban J connectivity index is 1.85. The van der Waals surface area contributed by atoms with Crippen LogP contribution in [0.15, 0.2) is 58.0 Å². The number of benzene rings is 2. The van der Waals surface area contributed by atoms with Gasteiger partial charge in [0.1, 0.15) is 17.3 Å². The first-order valence-corrected chi connectivity index (χ1v) is 7.86. The summed E-state index contributed by atoms with van der Waals surface area (Å²) in [5.41, 5.74) is 2.19. The summed E-state index contributed by atoms with van der Waals surface area (Å²) < 4.78 is 5.31. The van der Waals surface area contributed by atoms with Crippen molar-refractivity contribution in [1.82, 2.24) is 5.16 Å². The highest BCUT2D eigenvalue weighted by atomic mass is 35.5. The Kier molecular flexibility index (Phi) is 4.95. The first kappa shape index (κ1) is 16.3. The highest BCUT2D eigenvalue weighted by Crippen LogP contribution is 2.30. The molecule has 2 aromatic carbocycles. The van der Waals surface area contributed by atoms with Crippen LogP contribution in [-0.2, 0) is 6.42 Å². The summed E-state index contributed by atoms with van der Waals surface area (Å²) in [6.07, 6.45) is 2.00. The molecule has 0 amide bonds. The van der Waals surface area contributed by atoms with Crippen LogP contribution in [0, 0.1) is 11.3 Å². The fourth-order valence-electron chi connectivity index (χ4n) is 2.21. The van der Waals surface area contributed by atoms with Crippen LogP contribution in [0.25, 0.3) is 11.3 Å². The summed E-state index contributed by atoms with van der Waals surface area (Å²) in [5.74, 6) is 0.443. The van der Waals surface area contributed by atoms with E-state index in [0.717, 1.165) is 5.69 Å². The number of aliphatic imine (C=N–C) groups is 1. The SMILES string of the molecule is N#Cc1c(-c2ccccc2Cl)noc1CC=Nc1cccc(Cl)c1. The Morgan fingerprint density at radius 2 is 2.00 bits per heavy atom. The topological polar surface area (TPSA) is 62.2 Å². The number of hydrogen-bond donors (Lipinski definition) is 0. The van der Waals surface area contributed by atoms with Gasteiger partial charge in [-0.15, -0.1) is 0 Å². The number of aromatic nitrogens is 1. The van der Waals surface area contributed by atoms with E-state index in [0.29, 0.717) is 39.0 Å². The van der Waals surface area contributed by atoms with Crippen LogP contribution in [-0.4, -0.2) is 11.4 Å². The Bertz CT molecular complexity index is 941. The summed E-state index contributed by atoms with van der Waals surface area (Å²) in [7, 11) is 0. The zero-order valence-electron chi connectivity index (χ0n) is 12.4. The third-order valence-corrected chi connectivity index (χ3v) is 3.89. The molecule has 0 saturated heterocycles. The molecule has 3 aromatic rings. The maximum absolute atomic E-state index is 9.44. The first-order valence-electron chi connectivity index (χ1n) is 7.10. The van der Waals surface area contributed by atoms with Gasteiger partial charge in [-0.05, 0) is 24.3 Å². The molecule has 118 valence electrons. The van der Waals surface area contributed by atoms with Crippen LogP contribution in [0.3, 0.4) is 0 Å². The highest BCUT2D eigenvalue weighted by molar-refractivity contribution is 6.33. The second kappa shape index (κ2) is 7.31. The van der Waals surface area contributed by atoms with Crippen LogP contribution < -0.4 is 0 Å². The van der Waals surface area contributed by atoms with Crippen molar-refractivity contribution in [2.75, 3.05) is 0 Å². The van der Waals surface area contributed by atoms with Gasteiger partial charge in [0.2, 0.25) is 0 Å². The molecule has 0 aliphatic carbocycles. The molecule has 0 fully saturated rings. The zero-order valence-corrected chi connectivity index (χ0v) is 13.9. The van der Waals surface area contributed by atoms with Gasteiger partial charge in [-0.2, -0.15) is 5.26 Å². The molecule has 0 bridgehead atoms. The Labute approximate surface area is 149 Å². The van der Waals surface area contributed by atoms with Crippen molar-refractivity contribution in [3.05, 3.63) is 69.9 Å². The molecule has 1 aromatic heterocycles. The minimum Gasteiger partial charge on any atom is -0.359 e. The second-order valence-electron chi connectivity index (χ2n) is 4.92. The van der Waals surface area contributed by atoms with E-state index in [-0.39, 0.29) is 0 Å². The minimum atomic E-state index is 0.340. The quantitative estimate of drug-likeness (QED) is 0.583. The van der Waals surface area contributed by atoms with Crippen LogP contribution >= 0.6 is 23.2 Å². The van der Waals surface area contributed by atoms with Gasteiger partial charge in [-0.25, -0.2) is 0 Å². The van der Waals surface area contributed by atoms with Crippen molar-refractivity contribution in [3.63, 3.8) is 0 Å². The Morgan fingerprint density at radius 1 is 1.17 bits per heavy atom. The summed E-state index contributed by atoms with van der Waals surface area (Å²) in [4.78, 5) is 4.30. The van der Waals surface area contributed by atoms with Crippen molar-refractivity contribution < 1.29 is 4.52 Å². The van der Waals surface area contributed by atoms with Crippen molar-refractivity contribution in [2.24, 2.45) is 4.99 Å². The van der Waals surface area contributed by atoms with Gasteiger partial charge in [0.25, 0.3) is 0 Å². The first-order chi connectivity index (χ1) is 11.7. The Morgan fingerprint density at radius 3 is 2.75 bits per heavy atom. The predicted molar refractivity (Wildman–Crippen MR) is 95.0 cm³/mol. The van der Waals surface area contributed by atoms with Crippen molar-refractivity contribution in [1.29, 1.82) is 5.26 Å². The third-order valence-electron chi connectivity index (χ3n) is 3.33. The van der Waals surface area contributed by atoms with E-state index in [1.807, 2.05) is 24.3 Å². The summed E-state index contributed by atoms with van der Waals surface area (Å²) >= 11 is 12.1. The molecular weight excluding hydrogens is 345 g/mol. The van der Waals surface area contributed by atoms with E-state index in [9.17, 15) is 5.26 Å². The maximum Gasteiger partial charge on any atom is 0.160 e. The number of nitrogens with zero attached hydrogens (tertiary/aromatic N) is 3. The van der Waals surface area contributed by atoms with E-state index in [2.05, 4.69) is 16.2 Å². The van der Waals surface area contributed by atoms with Crippen molar-refractivity contribution in [3.8, 4) is 17.3 Å². The fraction of sp³-hybridized carbons (Fsp3) is 0.0556. The Hall–Kier alpha value is -2.61. The molecule has 0 atom stereocenters. The number of halogens is 2. The fourth-order valence-corrected chi connectivity index (χ4v) is 2.62.